The zero-order valence-corrected chi connectivity index (χ0v) is 12.9. The number of nitrogens with one attached hydrogen (secondary N) is 1. The average molecular weight is 362 g/mol. The molecule has 1 saturated heterocycles. The Morgan fingerprint density at radius 2 is 2.15 bits per heavy atom. The minimum Gasteiger partial charge on any atom is -0.480 e. The van der Waals surface area contributed by atoms with E-state index in [4.69, 9.17) is 16.7 Å². The van der Waals surface area contributed by atoms with E-state index in [0.717, 1.165) is 12.8 Å². The van der Waals surface area contributed by atoms with Gasteiger partial charge in [-0.25, -0.2) is 9.59 Å². The van der Waals surface area contributed by atoms with Crippen LogP contribution in [0.4, 0.5) is 10.5 Å². The lowest BCUT2D eigenvalue weighted by Crippen LogP contribution is -2.49. The molecule has 108 valence electrons. The third-order valence-corrected chi connectivity index (χ3v) is 4.11. The largest absolute Gasteiger partial charge is 0.480 e. The maximum atomic E-state index is 12.2. The van der Waals surface area contributed by atoms with Crippen molar-refractivity contribution in [2.24, 2.45) is 0 Å². The average Bonchev–Trinajstić information content (AvgIpc) is 2.41. The molecule has 0 saturated carbocycles. The number of aliphatic carboxylic acids is 1. The van der Waals surface area contributed by atoms with Gasteiger partial charge in [0.05, 0.1) is 5.69 Å². The number of piperidine rings is 1. The number of benzene rings is 1. The molecule has 2 N–H and O–H groups in total. The third kappa shape index (κ3) is 3.43. The first-order chi connectivity index (χ1) is 9.49. The van der Waals surface area contributed by atoms with E-state index in [9.17, 15) is 9.59 Å². The smallest absolute Gasteiger partial charge is 0.326 e. The SMILES string of the molecule is O=C(O)C1CCCCN1C(=O)Nc1ccc(Cl)cc1Br. The van der Waals surface area contributed by atoms with E-state index in [1.165, 1.54) is 4.90 Å². The summed E-state index contributed by atoms with van der Waals surface area (Å²) in [6.07, 6.45) is 2.13. The Kier molecular flexibility index (Phi) is 4.88. The molecule has 7 heteroatoms. The van der Waals surface area contributed by atoms with Gasteiger partial charge in [-0.3, -0.25) is 0 Å². The summed E-state index contributed by atoms with van der Waals surface area (Å²) in [5, 5.41) is 12.4. The summed E-state index contributed by atoms with van der Waals surface area (Å²) in [5.74, 6) is -0.963. The number of carbonyl (C=O) groups excluding carboxylic acids is 1. The quantitative estimate of drug-likeness (QED) is 0.846. The maximum Gasteiger partial charge on any atom is 0.326 e. The summed E-state index contributed by atoms with van der Waals surface area (Å²) >= 11 is 9.15. The molecule has 1 aliphatic heterocycles. The summed E-state index contributed by atoms with van der Waals surface area (Å²) in [7, 11) is 0. The van der Waals surface area contributed by atoms with Gasteiger partial charge in [-0.1, -0.05) is 11.6 Å². The summed E-state index contributed by atoms with van der Waals surface area (Å²) in [4.78, 5) is 24.8. The Hall–Kier alpha value is -1.27. The van der Waals surface area contributed by atoms with E-state index in [1.54, 1.807) is 18.2 Å². The second-order valence-corrected chi connectivity index (χ2v) is 5.89. The Balaban J connectivity index is 2.12. The van der Waals surface area contributed by atoms with Crippen molar-refractivity contribution in [3.8, 4) is 0 Å². The number of rotatable bonds is 2. The van der Waals surface area contributed by atoms with Crippen molar-refractivity contribution in [3.05, 3.63) is 27.7 Å². The number of carboxylic acids is 1. The second-order valence-electron chi connectivity index (χ2n) is 4.60. The van der Waals surface area contributed by atoms with Gasteiger partial charge in [-0.05, 0) is 53.4 Å². The normalized spacial score (nSPS) is 18.7. The summed E-state index contributed by atoms with van der Waals surface area (Å²) in [6, 6.07) is 3.84. The zero-order chi connectivity index (χ0) is 14.7. The highest BCUT2D eigenvalue weighted by atomic mass is 79.9. The van der Waals surface area contributed by atoms with Gasteiger partial charge in [0.2, 0.25) is 0 Å². The van der Waals surface area contributed by atoms with Crippen molar-refractivity contribution in [1.29, 1.82) is 0 Å². The number of anilines is 1. The third-order valence-electron chi connectivity index (χ3n) is 3.22. The van der Waals surface area contributed by atoms with Crippen molar-refractivity contribution < 1.29 is 14.7 Å². The molecule has 0 radical (unpaired) electrons. The fourth-order valence-electron chi connectivity index (χ4n) is 2.21. The molecule has 0 aromatic heterocycles. The van der Waals surface area contributed by atoms with Crippen LogP contribution in [0.5, 0.6) is 0 Å². The van der Waals surface area contributed by atoms with E-state index in [2.05, 4.69) is 21.2 Å². The first kappa shape index (κ1) is 15.1. The van der Waals surface area contributed by atoms with Crippen LogP contribution in [-0.2, 0) is 4.79 Å². The lowest BCUT2D eigenvalue weighted by molar-refractivity contribution is -0.143. The molecule has 20 heavy (non-hydrogen) atoms. The number of halogens is 2. The molecule has 1 atom stereocenters. The van der Waals surface area contributed by atoms with Crippen molar-refractivity contribution >= 4 is 45.2 Å². The van der Waals surface area contributed by atoms with E-state index in [0.29, 0.717) is 28.1 Å². The number of hydrogen-bond donors (Lipinski definition) is 2. The molecule has 1 fully saturated rings. The Labute approximate surface area is 130 Å². The minimum atomic E-state index is -0.963. The molecular formula is C13H14BrClN2O3. The van der Waals surface area contributed by atoms with Gasteiger partial charge in [0.25, 0.3) is 0 Å². The van der Waals surface area contributed by atoms with Crippen molar-refractivity contribution in [1.82, 2.24) is 4.90 Å². The highest BCUT2D eigenvalue weighted by Crippen LogP contribution is 2.27. The fraction of sp³-hybridized carbons (Fsp3) is 0.385. The van der Waals surface area contributed by atoms with Crippen LogP contribution < -0.4 is 5.32 Å². The first-order valence-electron chi connectivity index (χ1n) is 6.24. The van der Waals surface area contributed by atoms with Crippen LogP contribution in [0.2, 0.25) is 5.02 Å². The number of amides is 2. The molecule has 1 aromatic carbocycles. The highest BCUT2D eigenvalue weighted by molar-refractivity contribution is 9.10. The Morgan fingerprint density at radius 1 is 1.40 bits per heavy atom. The number of carboxylic acid groups (broad SMARTS) is 1. The minimum absolute atomic E-state index is 0.403. The number of hydrogen-bond acceptors (Lipinski definition) is 2. The van der Waals surface area contributed by atoms with Crippen molar-refractivity contribution in [2.75, 3.05) is 11.9 Å². The number of carbonyl (C=O) groups is 2. The maximum absolute atomic E-state index is 12.2. The topological polar surface area (TPSA) is 69.6 Å². The molecule has 1 aromatic rings. The molecule has 0 bridgehead atoms. The van der Waals surface area contributed by atoms with Crippen LogP contribution in [0, 0.1) is 0 Å². The second kappa shape index (κ2) is 6.45. The lowest BCUT2D eigenvalue weighted by Gasteiger charge is -2.32. The van der Waals surface area contributed by atoms with Gasteiger partial charge < -0.3 is 15.3 Å². The molecule has 0 aliphatic carbocycles. The van der Waals surface area contributed by atoms with Crippen molar-refractivity contribution in [3.63, 3.8) is 0 Å². The summed E-state index contributed by atoms with van der Waals surface area (Å²) < 4.78 is 0.655. The van der Waals surface area contributed by atoms with Crippen molar-refractivity contribution in [2.45, 2.75) is 25.3 Å². The van der Waals surface area contributed by atoms with Crippen LogP contribution in [0.1, 0.15) is 19.3 Å². The van der Waals surface area contributed by atoms with Gasteiger partial charge in [0, 0.05) is 16.0 Å². The summed E-state index contributed by atoms with van der Waals surface area (Å²) in [5.41, 5.74) is 0.564. The number of nitrogens with zero attached hydrogens (tertiary/aromatic N) is 1. The van der Waals surface area contributed by atoms with Gasteiger partial charge in [-0.2, -0.15) is 0 Å². The van der Waals surface area contributed by atoms with E-state index >= 15 is 0 Å². The molecular weight excluding hydrogens is 348 g/mol. The van der Waals surface area contributed by atoms with Crippen LogP contribution in [-0.4, -0.2) is 34.6 Å². The van der Waals surface area contributed by atoms with Crippen LogP contribution in [0.25, 0.3) is 0 Å². The molecule has 0 spiro atoms. The van der Waals surface area contributed by atoms with E-state index in [-0.39, 0.29) is 0 Å². The zero-order valence-electron chi connectivity index (χ0n) is 10.6. The standard InChI is InChI=1S/C13H14BrClN2O3/c14-9-7-8(15)4-5-10(9)16-13(20)17-6-2-1-3-11(17)12(18)19/h4-5,7,11H,1-3,6H2,(H,16,20)(H,18,19). The Morgan fingerprint density at radius 3 is 2.80 bits per heavy atom. The monoisotopic (exact) mass is 360 g/mol. The van der Waals surface area contributed by atoms with E-state index < -0.39 is 18.0 Å². The van der Waals surface area contributed by atoms with Crippen LogP contribution in [0.3, 0.4) is 0 Å². The fourth-order valence-corrected chi connectivity index (χ4v) is 2.99. The molecule has 1 unspecified atom stereocenters. The number of likely N-dealkylation sites (tertiary alicyclic amines) is 1. The predicted molar refractivity (Wildman–Crippen MR) is 80.2 cm³/mol. The Bertz CT molecular complexity index is 538. The van der Waals surface area contributed by atoms with Gasteiger partial charge in [-0.15, -0.1) is 0 Å². The highest BCUT2D eigenvalue weighted by Gasteiger charge is 2.32. The van der Waals surface area contributed by atoms with Crippen LogP contribution >= 0.6 is 27.5 Å². The molecule has 5 nitrogen and oxygen atoms in total. The predicted octanol–water partition coefficient (Wildman–Crippen LogP) is 3.57. The first-order valence-corrected chi connectivity index (χ1v) is 7.41. The van der Waals surface area contributed by atoms with E-state index in [1.807, 2.05) is 0 Å². The summed E-state index contributed by atoms with van der Waals surface area (Å²) in [6.45, 7) is 0.452. The molecule has 2 rings (SSSR count). The van der Waals surface area contributed by atoms with Gasteiger partial charge >= 0.3 is 12.0 Å². The number of urea groups is 1. The van der Waals surface area contributed by atoms with Crippen LogP contribution in [0.15, 0.2) is 22.7 Å². The lowest BCUT2D eigenvalue weighted by atomic mass is 10.0. The molecule has 1 aliphatic rings. The van der Waals surface area contributed by atoms with Gasteiger partial charge in [0.1, 0.15) is 6.04 Å². The van der Waals surface area contributed by atoms with Gasteiger partial charge in [0.15, 0.2) is 0 Å². The molecule has 2 amide bonds. The molecule has 1 heterocycles.